The van der Waals surface area contributed by atoms with Gasteiger partial charge < -0.3 is 8.75 Å². The maximum atomic E-state index is 14.1. The van der Waals surface area contributed by atoms with E-state index in [9.17, 15) is 26.2 Å². The van der Waals surface area contributed by atoms with E-state index in [4.69, 9.17) is 4.18 Å². The molecule has 1 heterocycles. The number of carbonyl (C=O) groups excluding carboxylic acids is 1. The van der Waals surface area contributed by atoms with Gasteiger partial charge in [0.1, 0.15) is 28.0 Å². The molecule has 8 nitrogen and oxygen atoms in total. The summed E-state index contributed by atoms with van der Waals surface area (Å²) < 4.78 is 74.0. The predicted molar refractivity (Wildman–Crippen MR) is 114 cm³/mol. The van der Waals surface area contributed by atoms with E-state index in [1.807, 2.05) is 4.72 Å². The third-order valence-electron chi connectivity index (χ3n) is 4.44. The number of hydrogen-bond acceptors (Lipinski definition) is 6. The first-order chi connectivity index (χ1) is 15.0. The summed E-state index contributed by atoms with van der Waals surface area (Å²) >= 11 is -1.81. The molecule has 12 heteroatoms. The van der Waals surface area contributed by atoms with Gasteiger partial charge in [0.05, 0.1) is 5.56 Å². The Kier molecular flexibility index (Phi) is 6.74. The molecular weight excluding hydrogens is 464 g/mol. The summed E-state index contributed by atoms with van der Waals surface area (Å²) in [5.41, 5.74) is -0.484. The van der Waals surface area contributed by atoms with Gasteiger partial charge in [0.2, 0.25) is 11.1 Å². The number of nitrogens with zero attached hydrogens (tertiary/aromatic N) is 2. The van der Waals surface area contributed by atoms with E-state index in [-0.39, 0.29) is 28.6 Å². The van der Waals surface area contributed by atoms with Gasteiger partial charge in [-0.05, 0) is 30.2 Å². The SMILES string of the molecule is CCc1cccc(OS(C)=O)c1S(=O)(=O)NC(=O)c1cn(C)c(-c2c(F)cccc2F)n1. The third-order valence-corrected chi connectivity index (χ3v) is 6.31. The van der Waals surface area contributed by atoms with Crippen molar-refractivity contribution in [2.75, 3.05) is 6.26 Å². The summed E-state index contributed by atoms with van der Waals surface area (Å²) in [6.07, 6.45) is 2.67. The van der Waals surface area contributed by atoms with Crippen molar-refractivity contribution in [1.29, 1.82) is 0 Å². The molecule has 1 atom stereocenters. The lowest BCUT2D eigenvalue weighted by Crippen LogP contribution is -2.32. The number of carbonyl (C=O) groups is 1. The molecular formula is C20H19F2N3O5S2. The Labute approximate surface area is 186 Å². The monoisotopic (exact) mass is 483 g/mol. The molecule has 0 saturated heterocycles. The summed E-state index contributed by atoms with van der Waals surface area (Å²) in [5.74, 6) is -3.25. The summed E-state index contributed by atoms with van der Waals surface area (Å²) in [5, 5.41) is 0. The number of sulfonamides is 1. The minimum Gasteiger partial charge on any atom is -0.399 e. The van der Waals surface area contributed by atoms with Crippen molar-refractivity contribution < 1.29 is 30.4 Å². The molecule has 3 rings (SSSR count). The zero-order valence-corrected chi connectivity index (χ0v) is 18.9. The second-order valence-electron chi connectivity index (χ2n) is 6.67. The number of halogens is 2. The van der Waals surface area contributed by atoms with Crippen molar-refractivity contribution >= 4 is 27.0 Å². The van der Waals surface area contributed by atoms with Gasteiger partial charge in [-0.15, -0.1) is 0 Å². The molecule has 0 aliphatic heterocycles. The van der Waals surface area contributed by atoms with Gasteiger partial charge in [0.25, 0.3) is 15.9 Å². The lowest BCUT2D eigenvalue weighted by molar-refractivity contribution is 0.0977. The molecule has 0 fully saturated rings. The Morgan fingerprint density at radius 3 is 2.41 bits per heavy atom. The van der Waals surface area contributed by atoms with Crippen molar-refractivity contribution in [3.8, 4) is 17.1 Å². The number of amides is 1. The summed E-state index contributed by atoms with van der Waals surface area (Å²) in [4.78, 5) is 16.3. The molecule has 3 aromatic rings. The van der Waals surface area contributed by atoms with Crippen LogP contribution in [0.25, 0.3) is 11.4 Å². The van der Waals surface area contributed by atoms with Crippen LogP contribution in [0.1, 0.15) is 23.0 Å². The fraction of sp³-hybridized carbons (Fsp3) is 0.200. The molecule has 1 amide bonds. The molecule has 0 radical (unpaired) electrons. The number of rotatable bonds is 7. The summed E-state index contributed by atoms with van der Waals surface area (Å²) in [7, 11) is -3.06. The Balaban J connectivity index is 1.99. The highest BCUT2D eigenvalue weighted by molar-refractivity contribution is 7.90. The molecule has 0 aliphatic carbocycles. The Bertz CT molecular complexity index is 1300. The zero-order chi connectivity index (χ0) is 23.6. The van der Waals surface area contributed by atoms with Gasteiger partial charge in [-0.2, -0.15) is 0 Å². The fourth-order valence-electron chi connectivity index (χ4n) is 3.08. The highest BCUT2D eigenvalue weighted by Crippen LogP contribution is 2.29. The first-order valence-electron chi connectivity index (χ1n) is 9.23. The molecule has 32 heavy (non-hydrogen) atoms. The Morgan fingerprint density at radius 1 is 1.19 bits per heavy atom. The Morgan fingerprint density at radius 2 is 1.81 bits per heavy atom. The number of nitrogens with one attached hydrogen (secondary N) is 1. The molecule has 170 valence electrons. The van der Waals surface area contributed by atoms with E-state index in [0.29, 0.717) is 5.56 Å². The molecule has 2 aromatic carbocycles. The Hall–Kier alpha value is -3.12. The van der Waals surface area contributed by atoms with Gasteiger partial charge in [0, 0.05) is 19.5 Å². The maximum Gasteiger partial charge on any atom is 0.285 e. The highest BCUT2D eigenvalue weighted by atomic mass is 32.2. The van der Waals surface area contributed by atoms with E-state index in [1.165, 1.54) is 42.1 Å². The lowest BCUT2D eigenvalue weighted by Gasteiger charge is -2.14. The number of hydrogen-bond donors (Lipinski definition) is 1. The van der Waals surface area contributed by atoms with Crippen LogP contribution in [0.3, 0.4) is 0 Å². The van der Waals surface area contributed by atoms with Gasteiger partial charge in [-0.3, -0.25) is 4.79 Å². The molecule has 0 bridgehead atoms. The first kappa shape index (κ1) is 23.5. The zero-order valence-electron chi connectivity index (χ0n) is 17.3. The average molecular weight is 484 g/mol. The van der Waals surface area contributed by atoms with Crippen LogP contribution in [0.4, 0.5) is 8.78 Å². The largest absolute Gasteiger partial charge is 0.399 e. The van der Waals surface area contributed by atoms with E-state index < -0.39 is 44.2 Å². The average Bonchev–Trinajstić information content (AvgIpc) is 3.08. The van der Waals surface area contributed by atoms with Gasteiger partial charge >= 0.3 is 0 Å². The number of aryl methyl sites for hydroxylation is 2. The number of benzene rings is 2. The minimum absolute atomic E-state index is 0.180. The standard InChI is InChI=1S/C20H19F2N3O5S2/c1-4-12-7-5-10-16(30-31(3)27)18(12)32(28,29)24-20(26)15-11-25(2)19(23-15)17-13(21)8-6-9-14(17)22/h5-11H,4H2,1-3H3,(H,24,26). The van der Waals surface area contributed by atoms with Crippen molar-refractivity contribution in [2.24, 2.45) is 7.05 Å². The van der Waals surface area contributed by atoms with Crippen LogP contribution >= 0.6 is 0 Å². The lowest BCUT2D eigenvalue weighted by atomic mass is 10.2. The molecule has 1 aromatic heterocycles. The number of aromatic nitrogens is 2. The van der Waals surface area contributed by atoms with Crippen LogP contribution in [0, 0.1) is 11.6 Å². The van der Waals surface area contributed by atoms with E-state index >= 15 is 0 Å². The second kappa shape index (κ2) is 9.17. The smallest absolute Gasteiger partial charge is 0.285 e. The van der Waals surface area contributed by atoms with Crippen LogP contribution < -0.4 is 8.91 Å². The second-order valence-corrected chi connectivity index (χ2v) is 9.26. The molecule has 0 saturated carbocycles. The van der Waals surface area contributed by atoms with Gasteiger partial charge in [-0.1, -0.05) is 25.1 Å². The van der Waals surface area contributed by atoms with Crippen LogP contribution in [-0.2, 0) is 34.6 Å². The van der Waals surface area contributed by atoms with Crippen molar-refractivity contribution in [2.45, 2.75) is 18.2 Å². The number of imidazole rings is 1. The van der Waals surface area contributed by atoms with Gasteiger partial charge in [0.15, 0.2) is 5.75 Å². The third kappa shape index (κ3) is 4.70. The first-order valence-corrected chi connectivity index (χ1v) is 12.2. The molecule has 0 aliphatic rings. The van der Waals surface area contributed by atoms with Crippen LogP contribution in [-0.4, -0.2) is 34.3 Å². The quantitative estimate of drug-likeness (QED) is 0.554. The predicted octanol–water partition coefficient (Wildman–Crippen LogP) is 2.72. The normalized spacial score (nSPS) is 12.4. The van der Waals surface area contributed by atoms with Gasteiger partial charge in [-0.25, -0.2) is 31.1 Å². The molecule has 1 unspecified atom stereocenters. The highest BCUT2D eigenvalue weighted by Gasteiger charge is 2.28. The van der Waals surface area contributed by atoms with Crippen molar-refractivity contribution in [3.63, 3.8) is 0 Å². The fourth-order valence-corrected chi connectivity index (χ4v) is 4.91. The maximum absolute atomic E-state index is 14.1. The molecule has 0 spiro atoms. The van der Waals surface area contributed by atoms with Crippen LogP contribution in [0.5, 0.6) is 5.75 Å². The van der Waals surface area contributed by atoms with Crippen LogP contribution in [0.2, 0.25) is 0 Å². The summed E-state index contributed by atoms with van der Waals surface area (Å²) in [6, 6.07) is 7.65. The molecule has 1 N–H and O–H groups in total. The van der Waals surface area contributed by atoms with E-state index in [0.717, 1.165) is 18.3 Å². The summed E-state index contributed by atoms with van der Waals surface area (Å²) in [6.45, 7) is 1.71. The minimum atomic E-state index is -4.47. The van der Waals surface area contributed by atoms with Crippen molar-refractivity contribution in [3.05, 3.63) is 65.5 Å². The van der Waals surface area contributed by atoms with E-state index in [2.05, 4.69) is 4.98 Å². The van der Waals surface area contributed by atoms with Crippen molar-refractivity contribution in [1.82, 2.24) is 14.3 Å². The van der Waals surface area contributed by atoms with E-state index in [1.54, 1.807) is 6.92 Å². The topological polar surface area (TPSA) is 107 Å². The van der Waals surface area contributed by atoms with Crippen LogP contribution in [0.15, 0.2) is 47.5 Å².